The van der Waals surface area contributed by atoms with Crippen molar-refractivity contribution in [2.24, 2.45) is 5.73 Å². The Kier molecular flexibility index (Phi) is 9.00. The van der Waals surface area contributed by atoms with E-state index in [4.69, 9.17) is 10.5 Å². The lowest BCUT2D eigenvalue weighted by atomic mass is 10.1. The summed E-state index contributed by atoms with van der Waals surface area (Å²) in [7, 11) is 0. The normalized spacial score (nSPS) is 16.0. The summed E-state index contributed by atoms with van der Waals surface area (Å²) >= 11 is 0. The van der Waals surface area contributed by atoms with Crippen LogP contribution in [0, 0.1) is 11.6 Å². The second-order valence-electron chi connectivity index (χ2n) is 10.0. The van der Waals surface area contributed by atoms with Gasteiger partial charge in [-0.1, -0.05) is 6.07 Å². The van der Waals surface area contributed by atoms with Crippen molar-refractivity contribution in [3.05, 3.63) is 71.4 Å². The molecule has 5 rings (SSSR count). The smallest absolute Gasteiger partial charge is 0.254 e. The Labute approximate surface area is 237 Å². The number of rotatable bonds is 9. The summed E-state index contributed by atoms with van der Waals surface area (Å²) in [6.45, 7) is 6.77. The number of morpholine rings is 1. The molecule has 2 saturated heterocycles. The number of hydrogen-bond acceptors (Lipinski definition) is 8. The first-order chi connectivity index (χ1) is 19.9. The van der Waals surface area contributed by atoms with E-state index in [1.165, 1.54) is 12.3 Å². The van der Waals surface area contributed by atoms with E-state index in [0.717, 1.165) is 56.1 Å². The maximum absolute atomic E-state index is 14.1. The second-order valence-corrected chi connectivity index (χ2v) is 10.0. The molecule has 216 valence electrons. The first-order valence-electron chi connectivity index (χ1n) is 13.7. The number of nitrogens with two attached hydrogens (primary N) is 1. The van der Waals surface area contributed by atoms with E-state index in [0.29, 0.717) is 38.5 Å². The number of aromatic nitrogens is 2. The number of primary amides is 1. The molecule has 1 aromatic heterocycles. The van der Waals surface area contributed by atoms with Gasteiger partial charge >= 0.3 is 0 Å². The van der Waals surface area contributed by atoms with Gasteiger partial charge in [0.25, 0.3) is 5.91 Å². The highest BCUT2D eigenvalue weighted by Crippen LogP contribution is 2.24. The van der Waals surface area contributed by atoms with Crippen molar-refractivity contribution in [2.75, 3.05) is 69.2 Å². The van der Waals surface area contributed by atoms with Gasteiger partial charge < -0.3 is 25.6 Å². The lowest BCUT2D eigenvalue weighted by Crippen LogP contribution is -2.48. The topological polar surface area (TPSA) is 117 Å². The van der Waals surface area contributed by atoms with Crippen LogP contribution in [0.1, 0.15) is 22.3 Å². The van der Waals surface area contributed by atoms with Crippen LogP contribution in [0.3, 0.4) is 0 Å². The first kappa shape index (κ1) is 28.4. The van der Waals surface area contributed by atoms with Gasteiger partial charge in [-0.3, -0.25) is 14.5 Å². The van der Waals surface area contributed by atoms with Crippen molar-refractivity contribution in [3.63, 3.8) is 0 Å². The Morgan fingerprint density at radius 1 is 0.976 bits per heavy atom. The van der Waals surface area contributed by atoms with E-state index in [1.807, 2.05) is 29.2 Å². The highest BCUT2D eigenvalue weighted by Gasteiger charge is 2.21. The van der Waals surface area contributed by atoms with Crippen LogP contribution in [0.25, 0.3) is 11.4 Å². The standard InChI is InChI=1S/C29H33F2N7O3/c30-22-4-1-21(25(31)17-22)18-33-29-24(27(32)40)19-34-28(35-29)20-2-5-23(6-3-20)37-11-9-36(10-12-37)8-7-26(39)38-13-15-41-16-14-38/h1-6,17,19H,7-16,18H2,(H2,32,40)(H,33,34,35). The highest BCUT2D eigenvalue weighted by molar-refractivity contribution is 5.97. The summed E-state index contributed by atoms with van der Waals surface area (Å²) in [5, 5.41) is 2.93. The number of halogens is 2. The lowest BCUT2D eigenvalue weighted by Gasteiger charge is -2.36. The molecule has 12 heteroatoms. The maximum atomic E-state index is 14.1. The molecule has 3 aromatic rings. The van der Waals surface area contributed by atoms with Gasteiger partial charge in [0.05, 0.1) is 18.8 Å². The van der Waals surface area contributed by atoms with Crippen LogP contribution < -0.4 is 16.0 Å². The van der Waals surface area contributed by atoms with Crippen LogP contribution in [0.4, 0.5) is 20.3 Å². The molecule has 0 radical (unpaired) electrons. The van der Waals surface area contributed by atoms with Crippen molar-refractivity contribution in [1.82, 2.24) is 19.8 Å². The third kappa shape index (κ3) is 7.14. The van der Waals surface area contributed by atoms with Gasteiger partial charge in [0.15, 0.2) is 5.82 Å². The van der Waals surface area contributed by atoms with Crippen molar-refractivity contribution in [3.8, 4) is 11.4 Å². The molecule has 2 fully saturated rings. The van der Waals surface area contributed by atoms with E-state index in [1.54, 1.807) is 0 Å². The number of amides is 2. The molecule has 3 N–H and O–H groups in total. The number of ether oxygens (including phenoxy) is 1. The van der Waals surface area contributed by atoms with Gasteiger partial charge in [-0.2, -0.15) is 0 Å². The van der Waals surface area contributed by atoms with Gasteiger partial charge in [0, 0.05) is 87.9 Å². The molecule has 0 spiro atoms. The summed E-state index contributed by atoms with van der Waals surface area (Å²) in [5.41, 5.74) is 7.58. The van der Waals surface area contributed by atoms with E-state index in [-0.39, 0.29) is 29.4 Å². The monoisotopic (exact) mass is 565 g/mol. The molecule has 41 heavy (non-hydrogen) atoms. The number of piperazine rings is 1. The predicted octanol–water partition coefficient (Wildman–Crippen LogP) is 2.50. The van der Waals surface area contributed by atoms with Crippen LogP contribution in [0.2, 0.25) is 0 Å². The molecule has 0 aliphatic carbocycles. The van der Waals surface area contributed by atoms with Crippen molar-refractivity contribution < 1.29 is 23.1 Å². The largest absolute Gasteiger partial charge is 0.378 e. The number of benzene rings is 2. The third-order valence-electron chi connectivity index (χ3n) is 7.38. The van der Waals surface area contributed by atoms with Crippen molar-refractivity contribution in [1.29, 1.82) is 0 Å². The number of nitrogens with one attached hydrogen (secondary N) is 1. The van der Waals surface area contributed by atoms with E-state index >= 15 is 0 Å². The summed E-state index contributed by atoms with van der Waals surface area (Å²) in [4.78, 5) is 39.6. The van der Waals surface area contributed by atoms with Crippen molar-refractivity contribution >= 4 is 23.3 Å². The van der Waals surface area contributed by atoms with Gasteiger partial charge in [-0.15, -0.1) is 0 Å². The average Bonchev–Trinajstić information content (AvgIpc) is 3.00. The Hall–Kier alpha value is -4.16. The Balaban J connectivity index is 1.18. The molecule has 3 heterocycles. The average molecular weight is 566 g/mol. The van der Waals surface area contributed by atoms with Crippen LogP contribution >= 0.6 is 0 Å². The Morgan fingerprint density at radius 3 is 2.39 bits per heavy atom. The zero-order chi connectivity index (χ0) is 28.8. The number of nitrogens with zero attached hydrogens (tertiary/aromatic N) is 5. The zero-order valence-electron chi connectivity index (χ0n) is 22.7. The van der Waals surface area contributed by atoms with Crippen LogP contribution in [-0.4, -0.2) is 90.6 Å². The minimum absolute atomic E-state index is 0.0187. The predicted molar refractivity (Wildman–Crippen MR) is 150 cm³/mol. The molecule has 2 aliphatic rings. The molecule has 10 nitrogen and oxygen atoms in total. The summed E-state index contributed by atoms with van der Waals surface area (Å²) in [5.74, 6) is -1.37. The molecule has 2 amide bonds. The minimum Gasteiger partial charge on any atom is -0.378 e. The lowest BCUT2D eigenvalue weighted by molar-refractivity contribution is -0.135. The molecule has 0 unspecified atom stereocenters. The number of anilines is 2. The molecule has 0 bridgehead atoms. The SMILES string of the molecule is NC(=O)c1cnc(-c2ccc(N3CCN(CCC(=O)N4CCOCC4)CC3)cc2)nc1NCc1ccc(F)cc1F. The summed E-state index contributed by atoms with van der Waals surface area (Å²) < 4.78 is 32.6. The van der Waals surface area contributed by atoms with Gasteiger partial charge in [0.1, 0.15) is 17.5 Å². The third-order valence-corrected chi connectivity index (χ3v) is 7.38. The first-order valence-corrected chi connectivity index (χ1v) is 13.7. The number of hydrogen-bond donors (Lipinski definition) is 2. The highest BCUT2D eigenvalue weighted by atomic mass is 19.1. The molecular weight excluding hydrogens is 532 g/mol. The fourth-order valence-electron chi connectivity index (χ4n) is 4.96. The van der Waals surface area contributed by atoms with Gasteiger partial charge in [-0.25, -0.2) is 18.7 Å². The Bertz CT molecular complexity index is 1380. The van der Waals surface area contributed by atoms with E-state index in [2.05, 4.69) is 25.1 Å². The molecular formula is C29H33F2N7O3. The van der Waals surface area contributed by atoms with Crippen LogP contribution in [0.15, 0.2) is 48.7 Å². The van der Waals surface area contributed by atoms with Crippen LogP contribution in [-0.2, 0) is 16.1 Å². The minimum atomic E-state index is -0.724. The fourth-order valence-corrected chi connectivity index (χ4v) is 4.96. The molecule has 0 saturated carbocycles. The summed E-state index contributed by atoms with van der Waals surface area (Å²) in [6, 6.07) is 11.1. The molecule has 0 atom stereocenters. The van der Waals surface area contributed by atoms with Crippen LogP contribution in [0.5, 0.6) is 0 Å². The number of carbonyl (C=O) groups excluding carboxylic acids is 2. The number of carbonyl (C=O) groups is 2. The van der Waals surface area contributed by atoms with Gasteiger partial charge in [-0.05, 0) is 30.3 Å². The quantitative estimate of drug-likeness (QED) is 0.407. The molecule has 2 aliphatic heterocycles. The zero-order valence-corrected chi connectivity index (χ0v) is 22.7. The van der Waals surface area contributed by atoms with Crippen molar-refractivity contribution in [2.45, 2.75) is 13.0 Å². The molecule has 2 aromatic carbocycles. The maximum Gasteiger partial charge on any atom is 0.254 e. The Morgan fingerprint density at radius 2 is 1.71 bits per heavy atom. The summed E-state index contributed by atoms with van der Waals surface area (Å²) in [6.07, 6.45) is 1.86. The van der Waals surface area contributed by atoms with Gasteiger partial charge in [0.2, 0.25) is 5.91 Å². The van der Waals surface area contributed by atoms with E-state index < -0.39 is 17.5 Å². The van der Waals surface area contributed by atoms with E-state index in [9.17, 15) is 18.4 Å². The fraction of sp³-hybridized carbons (Fsp3) is 0.379. The second kappa shape index (κ2) is 13.0.